The van der Waals surface area contributed by atoms with E-state index in [1.165, 1.54) is 54.6 Å². The molecule has 1 aromatic heterocycles. The van der Waals surface area contributed by atoms with Crippen molar-refractivity contribution in [2.75, 3.05) is 6.26 Å². The van der Waals surface area contributed by atoms with Gasteiger partial charge in [0.1, 0.15) is 5.82 Å². The monoisotopic (exact) mass is 458 g/mol. The number of sulfone groups is 1. The summed E-state index contributed by atoms with van der Waals surface area (Å²) in [5.74, 6) is -0.595. The van der Waals surface area contributed by atoms with Crippen LogP contribution < -0.4 is 0 Å². The van der Waals surface area contributed by atoms with Gasteiger partial charge >= 0.3 is 6.18 Å². The number of alkyl halides is 3. The van der Waals surface area contributed by atoms with E-state index in [1.807, 2.05) is 0 Å². The molecule has 0 aliphatic heterocycles. The van der Waals surface area contributed by atoms with Crippen LogP contribution in [0.4, 0.5) is 17.6 Å². The molecule has 0 fully saturated rings. The molecule has 1 heterocycles. The Kier molecular flexibility index (Phi) is 5.26. The van der Waals surface area contributed by atoms with Gasteiger partial charge in [0.15, 0.2) is 15.5 Å². The Hall–Kier alpha value is -3.64. The Morgan fingerprint density at radius 2 is 1.56 bits per heavy atom. The largest absolute Gasteiger partial charge is 0.435 e. The lowest BCUT2D eigenvalue weighted by Gasteiger charge is -2.12. The first-order valence-corrected chi connectivity index (χ1v) is 11.1. The fraction of sp³-hybridized carbons (Fsp3) is 0.0870. The number of halogens is 4. The van der Waals surface area contributed by atoms with Gasteiger partial charge in [0, 0.05) is 23.5 Å². The molecule has 32 heavy (non-hydrogen) atoms. The van der Waals surface area contributed by atoms with Crippen LogP contribution in [0, 0.1) is 5.82 Å². The van der Waals surface area contributed by atoms with Crippen LogP contribution >= 0.6 is 0 Å². The predicted octanol–water partition coefficient (Wildman–Crippen LogP) is 5.50. The molecule has 0 amide bonds. The summed E-state index contributed by atoms with van der Waals surface area (Å²) in [7, 11) is -3.50. The van der Waals surface area contributed by atoms with E-state index in [0.29, 0.717) is 11.3 Å². The van der Waals surface area contributed by atoms with E-state index in [9.17, 15) is 26.0 Å². The maximum atomic E-state index is 14.0. The summed E-state index contributed by atoms with van der Waals surface area (Å²) >= 11 is 0. The number of allylic oxidation sites excluding steroid dienone is 4. The summed E-state index contributed by atoms with van der Waals surface area (Å²) < 4.78 is 80.3. The predicted molar refractivity (Wildman–Crippen MR) is 112 cm³/mol. The van der Waals surface area contributed by atoms with Crippen LogP contribution in [0.1, 0.15) is 5.69 Å². The third kappa shape index (κ3) is 4.09. The molecule has 0 unspecified atom stereocenters. The molecule has 162 valence electrons. The van der Waals surface area contributed by atoms with Crippen LogP contribution in [-0.2, 0) is 16.0 Å². The molecule has 0 atom stereocenters. The van der Waals surface area contributed by atoms with Gasteiger partial charge in [0.05, 0.1) is 16.3 Å². The highest BCUT2D eigenvalue weighted by molar-refractivity contribution is 7.90. The molecule has 3 aromatic rings. The van der Waals surface area contributed by atoms with Crippen molar-refractivity contribution in [3.05, 3.63) is 89.7 Å². The van der Waals surface area contributed by atoms with Gasteiger partial charge < -0.3 is 0 Å². The Morgan fingerprint density at radius 3 is 2.09 bits per heavy atom. The Labute approximate surface area is 181 Å². The molecule has 2 aromatic carbocycles. The van der Waals surface area contributed by atoms with Gasteiger partial charge in [-0.2, -0.15) is 18.3 Å². The quantitative estimate of drug-likeness (QED) is 0.383. The second kappa shape index (κ2) is 7.80. The Balaban J connectivity index is 2.06. The maximum absolute atomic E-state index is 14.0. The van der Waals surface area contributed by atoms with Crippen LogP contribution in [0.25, 0.3) is 28.1 Å². The first kappa shape index (κ1) is 21.6. The molecule has 1 aliphatic rings. The zero-order valence-corrected chi connectivity index (χ0v) is 17.3. The Bertz CT molecular complexity index is 1430. The summed E-state index contributed by atoms with van der Waals surface area (Å²) in [6, 6.07) is 10.1. The van der Waals surface area contributed by atoms with Crippen LogP contribution in [0.2, 0.25) is 0 Å². The lowest BCUT2D eigenvalue weighted by molar-refractivity contribution is -0.140. The van der Waals surface area contributed by atoms with Crippen molar-refractivity contribution in [1.29, 1.82) is 0 Å². The summed E-state index contributed by atoms with van der Waals surface area (Å²) in [5, 5.41) is 3.84. The van der Waals surface area contributed by atoms with Gasteiger partial charge in [0.25, 0.3) is 0 Å². The van der Waals surface area contributed by atoms with E-state index in [0.717, 1.165) is 23.1 Å². The highest BCUT2D eigenvalue weighted by Gasteiger charge is 2.40. The second-order valence-electron chi connectivity index (χ2n) is 6.98. The second-order valence-corrected chi connectivity index (χ2v) is 8.99. The van der Waals surface area contributed by atoms with E-state index < -0.39 is 27.5 Å². The number of benzene rings is 2. The normalized spacial score (nSPS) is 13.5. The zero-order valence-electron chi connectivity index (χ0n) is 16.5. The molecule has 0 saturated heterocycles. The van der Waals surface area contributed by atoms with Crippen molar-refractivity contribution in [3.8, 4) is 22.4 Å². The number of rotatable bonds is 4. The SMILES string of the molecule is CS(=O)(=O)c1ccc(-c2c(-c3ccc(F)cc3)c(C(F)(F)F)nn2C2=CC=C=C=C2)cc1. The highest BCUT2D eigenvalue weighted by atomic mass is 32.2. The summed E-state index contributed by atoms with van der Waals surface area (Å²) in [5.41, 5.74) is 4.74. The molecule has 0 N–H and O–H groups in total. The van der Waals surface area contributed by atoms with Gasteiger partial charge in [0.2, 0.25) is 0 Å². The standard InChI is InChI=1S/C23H14F4N2O2S/c1-32(30,31)19-13-9-16(10-14-19)21-20(15-7-11-17(24)12-8-15)22(23(25,26)27)28-29(21)18-5-3-2-4-6-18/h3,5-14H,1H3. The lowest BCUT2D eigenvalue weighted by Crippen LogP contribution is -2.08. The van der Waals surface area contributed by atoms with Crippen molar-refractivity contribution < 1.29 is 26.0 Å². The van der Waals surface area contributed by atoms with Crippen molar-refractivity contribution in [2.45, 2.75) is 11.1 Å². The minimum absolute atomic E-state index is 0.0225. The average molecular weight is 458 g/mol. The fourth-order valence-corrected chi connectivity index (χ4v) is 3.92. The van der Waals surface area contributed by atoms with Crippen molar-refractivity contribution in [2.24, 2.45) is 0 Å². The smallest absolute Gasteiger partial charge is 0.231 e. The zero-order chi connectivity index (χ0) is 23.1. The summed E-state index contributed by atoms with van der Waals surface area (Å²) in [6.07, 6.45) is 0.663. The molecular formula is C23H14F4N2O2S. The highest BCUT2D eigenvalue weighted by Crippen LogP contribution is 2.43. The third-order valence-corrected chi connectivity index (χ3v) is 5.86. The summed E-state index contributed by atoms with van der Waals surface area (Å²) in [4.78, 5) is 0.0225. The van der Waals surface area contributed by atoms with E-state index in [4.69, 9.17) is 0 Å². The molecule has 4 rings (SSSR count). The van der Waals surface area contributed by atoms with E-state index >= 15 is 0 Å². The maximum Gasteiger partial charge on any atom is 0.435 e. The van der Waals surface area contributed by atoms with E-state index in [2.05, 4.69) is 16.6 Å². The van der Waals surface area contributed by atoms with Crippen LogP contribution in [0.5, 0.6) is 0 Å². The molecule has 0 radical (unpaired) electrons. The molecule has 1 aliphatic carbocycles. The third-order valence-electron chi connectivity index (χ3n) is 4.73. The first-order chi connectivity index (χ1) is 15.1. The minimum atomic E-state index is -4.80. The molecule has 4 nitrogen and oxygen atoms in total. The van der Waals surface area contributed by atoms with Gasteiger partial charge in [-0.25, -0.2) is 17.5 Å². The number of nitrogens with zero attached hydrogens (tertiary/aromatic N) is 2. The molecule has 0 bridgehead atoms. The summed E-state index contributed by atoms with van der Waals surface area (Å²) in [6.45, 7) is 0. The van der Waals surface area contributed by atoms with Gasteiger partial charge in [-0.05, 0) is 42.0 Å². The van der Waals surface area contributed by atoms with Crippen LogP contribution in [-0.4, -0.2) is 24.5 Å². The molecule has 0 spiro atoms. The van der Waals surface area contributed by atoms with Gasteiger partial charge in [-0.3, -0.25) is 0 Å². The number of hydrogen-bond acceptors (Lipinski definition) is 3. The van der Waals surface area contributed by atoms with Crippen molar-refractivity contribution in [1.82, 2.24) is 9.78 Å². The first-order valence-electron chi connectivity index (χ1n) is 9.20. The van der Waals surface area contributed by atoms with Gasteiger partial charge in [-0.1, -0.05) is 35.7 Å². The van der Waals surface area contributed by atoms with Crippen LogP contribution in [0.15, 0.2) is 83.1 Å². The average Bonchev–Trinajstić information content (AvgIpc) is 3.15. The number of aromatic nitrogens is 2. The molecular weight excluding hydrogens is 444 g/mol. The molecule has 0 saturated carbocycles. The topological polar surface area (TPSA) is 52.0 Å². The van der Waals surface area contributed by atoms with Crippen molar-refractivity contribution in [3.63, 3.8) is 0 Å². The van der Waals surface area contributed by atoms with Gasteiger partial charge in [-0.15, -0.1) is 0 Å². The minimum Gasteiger partial charge on any atom is -0.231 e. The Morgan fingerprint density at radius 1 is 0.938 bits per heavy atom. The fourth-order valence-electron chi connectivity index (χ4n) is 3.29. The van der Waals surface area contributed by atoms with Crippen LogP contribution in [0.3, 0.4) is 0 Å². The van der Waals surface area contributed by atoms with E-state index in [1.54, 1.807) is 0 Å². The molecule has 9 heteroatoms. The lowest BCUT2D eigenvalue weighted by atomic mass is 9.98. The van der Waals surface area contributed by atoms with E-state index in [-0.39, 0.29) is 21.7 Å². The number of hydrogen-bond donors (Lipinski definition) is 0. The van der Waals surface area contributed by atoms with Crippen molar-refractivity contribution >= 4 is 15.5 Å².